The van der Waals surface area contributed by atoms with Crippen LogP contribution < -0.4 is 10.6 Å². The van der Waals surface area contributed by atoms with Gasteiger partial charge in [0.2, 0.25) is 5.95 Å². The third-order valence-corrected chi connectivity index (χ3v) is 6.99. The van der Waals surface area contributed by atoms with Crippen LogP contribution in [0.15, 0.2) is 24.4 Å². The zero-order chi connectivity index (χ0) is 22.2. The number of carbonyl (C=O) groups is 1. The molecule has 168 valence electrons. The maximum absolute atomic E-state index is 13.0. The van der Waals surface area contributed by atoms with E-state index in [9.17, 15) is 13.6 Å². The molecular weight excluding hydrogens is 436 g/mol. The summed E-state index contributed by atoms with van der Waals surface area (Å²) in [7, 11) is 0. The molecule has 0 spiro atoms. The number of aromatic nitrogens is 4. The smallest absolute Gasteiger partial charge is 0.318 e. The van der Waals surface area contributed by atoms with E-state index in [1.165, 1.54) is 11.3 Å². The number of hydrogen-bond donors (Lipinski definition) is 2. The lowest BCUT2D eigenvalue weighted by atomic mass is 9.97. The summed E-state index contributed by atoms with van der Waals surface area (Å²) in [5.41, 5.74) is 1.62. The Balaban J connectivity index is 1.29. The van der Waals surface area contributed by atoms with Crippen LogP contribution in [0, 0.1) is 6.92 Å². The number of nitrogens with zero attached hydrogens (tertiary/aromatic N) is 5. The summed E-state index contributed by atoms with van der Waals surface area (Å²) in [6.07, 6.45) is 2.44. The molecule has 4 heterocycles. The molecule has 0 aliphatic carbocycles. The number of urea groups is 1. The number of rotatable bonds is 5. The minimum absolute atomic E-state index is 0.0184. The lowest BCUT2D eigenvalue weighted by Gasteiger charge is -2.39. The Morgan fingerprint density at radius 3 is 2.72 bits per heavy atom. The number of anilines is 1. The van der Waals surface area contributed by atoms with Gasteiger partial charge in [-0.05, 0) is 38.7 Å². The van der Waals surface area contributed by atoms with Crippen LogP contribution in [0.5, 0.6) is 0 Å². The Morgan fingerprint density at radius 2 is 2.03 bits per heavy atom. The molecule has 2 saturated heterocycles. The summed E-state index contributed by atoms with van der Waals surface area (Å²) >= 11 is 1.51. The van der Waals surface area contributed by atoms with Crippen molar-refractivity contribution in [2.75, 3.05) is 11.9 Å². The molecule has 0 radical (unpaired) electrons. The van der Waals surface area contributed by atoms with Crippen LogP contribution in [0.4, 0.5) is 19.5 Å². The van der Waals surface area contributed by atoms with Crippen LogP contribution in [0.25, 0.3) is 21.5 Å². The van der Waals surface area contributed by atoms with E-state index < -0.39 is 6.43 Å². The highest BCUT2D eigenvalue weighted by Gasteiger charge is 2.43. The van der Waals surface area contributed by atoms with Gasteiger partial charge in [0.15, 0.2) is 0 Å². The number of halogens is 2. The number of aryl methyl sites for hydroxylation is 1. The molecule has 2 fully saturated rings. The van der Waals surface area contributed by atoms with Gasteiger partial charge in [-0.1, -0.05) is 23.5 Å². The largest absolute Gasteiger partial charge is 0.324 e. The average Bonchev–Trinajstić information content (AvgIpc) is 3.32. The molecule has 1 unspecified atom stereocenters. The number of nitrogens with one attached hydrogen (secondary N) is 2. The van der Waals surface area contributed by atoms with Gasteiger partial charge in [0.25, 0.3) is 6.43 Å². The minimum Gasteiger partial charge on any atom is -0.318 e. The van der Waals surface area contributed by atoms with Crippen LogP contribution in [0.2, 0.25) is 0 Å². The van der Waals surface area contributed by atoms with E-state index in [0.29, 0.717) is 18.4 Å². The molecular formula is C21H23F2N7OS. The minimum atomic E-state index is -2.37. The van der Waals surface area contributed by atoms with Crippen molar-refractivity contribution in [1.29, 1.82) is 0 Å². The van der Waals surface area contributed by atoms with E-state index in [1.807, 2.05) is 30.0 Å². The van der Waals surface area contributed by atoms with Gasteiger partial charge in [-0.2, -0.15) is 0 Å². The first-order chi connectivity index (χ1) is 15.5. The lowest BCUT2D eigenvalue weighted by Crippen LogP contribution is -2.53. The molecule has 2 aromatic heterocycles. The predicted molar refractivity (Wildman–Crippen MR) is 118 cm³/mol. The summed E-state index contributed by atoms with van der Waals surface area (Å²) < 4.78 is 25.0. The SMILES string of the molecule is Cc1nnc(-c2ccc3cnc(NC(=O)N4[C@@H]5CC[C@H]4CC(NCC(F)F)C5)nc3c2)s1. The zero-order valence-corrected chi connectivity index (χ0v) is 18.3. The molecule has 5 rings (SSSR count). The monoisotopic (exact) mass is 459 g/mol. The van der Waals surface area contributed by atoms with Crippen molar-refractivity contribution in [2.24, 2.45) is 0 Å². The third-order valence-electron chi connectivity index (χ3n) is 6.10. The normalized spacial score (nSPS) is 22.6. The van der Waals surface area contributed by atoms with Gasteiger partial charge in [-0.25, -0.2) is 23.5 Å². The summed E-state index contributed by atoms with van der Waals surface area (Å²) in [4.78, 5) is 23.7. The number of carbonyl (C=O) groups excluding carboxylic acids is 1. The standard InChI is InChI=1S/C21H23F2N7OS/c1-11-28-29-19(32-11)12-2-3-13-9-25-20(26-17(13)6-12)27-21(31)30-15-4-5-16(30)8-14(7-15)24-10-18(22)23/h2-3,6,9,14-16,18,24H,4-5,7-8,10H2,1H3,(H,25,26,27,31)/t14?,15-,16+. The molecule has 3 atom stereocenters. The van der Waals surface area contributed by atoms with E-state index in [2.05, 4.69) is 30.8 Å². The van der Waals surface area contributed by atoms with Gasteiger partial charge in [0.1, 0.15) is 10.0 Å². The first kappa shape index (κ1) is 21.1. The second-order valence-corrected chi connectivity index (χ2v) is 9.47. The van der Waals surface area contributed by atoms with Gasteiger partial charge < -0.3 is 10.2 Å². The maximum Gasteiger partial charge on any atom is 0.324 e. The molecule has 2 amide bonds. The van der Waals surface area contributed by atoms with Crippen molar-refractivity contribution in [3.63, 3.8) is 0 Å². The molecule has 2 bridgehead atoms. The first-order valence-electron chi connectivity index (χ1n) is 10.6. The Bertz CT molecular complexity index is 1130. The van der Waals surface area contributed by atoms with Crippen LogP contribution in [0.1, 0.15) is 30.7 Å². The molecule has 0 saturated carbocycles. The molecule has 8 nitrogen and oxygen atoms in total. The van der Waals surface area contributed by atoms with Crippen LogP contribution in [-0.4, -0.2) is 62.2 Å². The van der Waals surface area contributed by atoms with E-state index in [-0.39, 0.29) is 36.6 Å². The van der Waals surface area contributed by atoms with Crippen molar-refractivity contribution in [1.82, 2.24) is 30.4 Å². The first-order valence-corrected chi connectivity index (χ1v) is 11.5. The molecule has 2 aliphatic rings. The average molecular weight is 460 g/mol. The Kier molecular flexibility index (Phi) is 5.68. The number of fused-ring (bicyclic) bond motifs is 3. The molecule has 2 aliphatic heterocycles. The maximum atomic E-state index is 13.0. The van der Waals surface area contributed by atoms with Crippen molar-refractivity contribution in [3.8, 4) is 10.6 Å². The number of hydrogen-bond acceptors (Lipinski definition) is 7. The second kappa shape index (κ2) is 8.62. The Labute approximate surface area is 187 Å². The fourth-order valence-electron chi connectivity index (χ4n) is 4.72. The Hall–Kier alpha value is -2.79. The van der Waals surface area contributed by atoms with Gasteiger partial charge in [0.05, 0.1) is 12.1 Å². The second-order valence-electron chi connectivity index (χ2n) is 8.28. The van der Waals surface area contributed by atoms with Gasteiger partial charge in [0, 0.05) is 35.3 Å². The van der Waals surface area contributed by atoms with Crippen molar-refractivity contribution >= 4 is 34.2 Å². The summed E-state index contributed by atoms with van der Waals surface area (Å²) in [6.45, 7) is 1.60. The summed E-state index contributed by atoms with van der Waals surface area (Å²) in [5, 5.41) is 16.6. The fourth-order valence-corrected chi connectivity index (χ4v) is 5.41. The third kappa shape index (κ3) is 4.26. The van der Waals surface area contributed by atoms with Crippen LogP contribution >= 0.6 is 11.3 Å². The molecule has 1 aromatic carbocycles. The number of alkyl halides is 2. The van der Waals surface area contributed by atoms with E-state index >= 15 is 0 Å². The number of piperidine rings is 1. The summed E-state index contributed by atoms with van der Waals surface area (Å²) in [6, 6.07) is 5.65. The topological polar surface area (TPSA) is 95.9 Å². The van der Waals surface area contributed by atoms with E-state index in [1.54, 1.807) is 6.20 Å². The van der Waals surface area contributed by atoms with Crippen LogP contribution in [-0.2, 0) is 0 Å². The van der Waals surface area contributed by atoms with Crippen molar-refractivity contribution in [3.05, 3.63) is 29.4 Å². The van der Waals surface area contributed by atoms with Gasteiger partial charge >= 0.3 is 6.03 Å². The van der Waals surface area contributed by atoms with Crippen molar-refractivity contribution < 1.29 is 13.6 Å². The molecule has 3 aromatic rings. The highest BCUT2D eigenvalue weighted by Crippen LogP contribution is 2.36. The molecule has 32 heavy (non-hydrogen) atoms. The van der Waals surface area contributed by atoms with E-state index in [4.69, 9.17) is 0 Å². The van der Waals surface area contributed by atoms with E-state index in [0.717, 1.165) is 33.8 Å². The van der Waals surface area contributed by atoms with Gasteiger partial charge in [-0.3, -0.25) is 5.32 Å². The van der Waals surface area contributed by atoms with Crippen LogP contribution in [0.3, 0.4) is 0 Å². The Morgan fingerprint density at radius 1 is 1.25 bits per heavy atom. The number of benzene rings is 1. The zero-order valence-electron chi connectivity index (χ0n) is 17.5. The highest BCUT2D eigenvalue weighted by atomic mass is 32.1. The number of amides is 2. The fraction of sp³-hybridized carbons (Fsp3) is 0.476. The molecule has 11 heteroatoms. The highest BCUT2D eigenvalue weighted by molar-refractivity contribution is 7.14. The van der Waals surface area contributed by atoms with Gasteiger partial charge in [-0.15, -0.1) is 10.2 Å². The lowest BCUT2D eigenvalue weighted by molar-refractivity contribution is 0.115. The quantitative estimate of drug-likeness (QED) is 0.602. The summed E-state index contributed by atoms with van der Waals surface area (Å²) in [5.74, 6) is 0.241. The molecule has 2 N–H and O–H groups in total. The van der Waals surface area contributed by atoms with Crippen molar-refractivity contribution in [2.45, 2.75) is 57.2 Å². The predicted octanol–water partition coefficient (Wildman–Crippen LogP) is 3.84.